The molecule has 0 spiro atoms. The standard InChI is InChI=1S/C15H22N6O/c1-9(2)6-12(14-16-8-17-21(14)5)20-15(22)13-7-10(3)18-11(4)19-13/h7-9,12H,6H2,1-5H3,(H,20,22)/t12-/m0/s1. The van der Waals surface area contributed by atoms with Gasteiger partial charge >= 0.3 is 0 Å². The Morgan fingerprint density at radius 3 is 2.59 bits per heavy atom. The van der Waals surface area contributed by atoms with Gasteiger partial charge in [-0.25, -0.2) is 15.0 Å². The molecule has 2 rings (SSSR count). The van der Waals surface area contributed by atoms with Crippen LogP contribution in [0.3, 0.4) is 0 Å². The number of nitrogens with zero attached hydrogens (tertiary/aromatic N) is 5. The fraction of sp³-hybridized carbons (Fsp3) is 0.533. The van der Waals surface area contributed by atoms with Crippen molar-refractivity contribution in [1.29, 1.82) is 0 Å². The van der Waals surface area contributed by atoms with Gasteiger partial charge < -0.3 is 5.32 Å². The van der Waals surface area contributed by atoms with Gasteiger partial charge in [-0.15, -0.1) is 0 Å². The van der Waals surface area contributed by atoms with Crippen molar-refractivity contribution in [2.24, 2.45) is 13.0 Å². The highest BCUT2D eigenvalue weighted by molar-refractivity contribution is 5.92. The normalized spacial score (nSPS) is 12.5. The molecule has 0 fully saturated rings. The summed E-state index contributed by atoms with van der Waals surface area (Å²) in [6.45, 7) is 7.83. The summed E-state index contributed by atoms with van der Waals surface area (Å²) in [7, 11) is 1.82. The van der Waals surface area contributed by atoms with Gasteiger partial charge in [-0.1, -0.05) is 13.8 Å². The van der Waals surface area contributed by atoms with E-state index in [1.165, 1.54) is 6.33 Å². The van der Waals surface area contributed by atoms with Crippen LogP contribution in [0.4, 0.5) is 0 Å². The van der Waals surface area contributed by atoms with Crippen LogP contribution in [0.1, 0.15) is 54.1 Å². The van der Waals surface area contributed by atoms with Gasteiger partial charge in [-0.05, 0) is 32.3 Å². The van der Waals surface area contributed by atoms with Crippen molar-refractivity contribution in [3.63, 3.8) is 0 Å². The van der Waals surface area contributed by atoms with Gasteiger partial charge in [0.05, 0.1) is 6.04 Å². The molecular formula is C15H22N6O. The van der Waals surface area contributed by atoms with Crippen LogP contribution in [-0.2, 0) is 7.05 Å². The van der Waals surface area contributed by atoms with E-state index < -0.39 is 0 Å². The molecule has 2 aromatic heterocycles. The molecule has 118 valence electrons. The molecule has 1 amide bonds. The van der Waals surface area contributed by atoms with E-state index in [1.807, 2.05) is 14.0 Å². The van der Waals surface area contributed by atoms with Gasteiger partial charge in [0.2, 0.25) is 0 Å². The minimum Gasteiger partial charge on any atom is -0.341 e. The van der Waals surface area contributed by atoms with Crippen LogP contribution in [0.2, 0.25) is 0 Å². The average molecular weight is 302 g/mol. The van der Waals surface area contributed by atoms with E-state index in [0.29, 0.717) is 17.4 Å². The maximum Gasteiger partial charge on any atom is 0.270 e. The predicted molar refractivity (Wildman–Crippen MR) is 82.2 cm³/mol. The van der Waals surface area contributed by atoms with Crippen LogP contribution in [0.15, 0.2) is 12.4 Å². The second kappa shape index (κ2) is 6.64. The number of carbonyl (C=O) groups excluding carboxylic acids is 1. The smallest absolute Gasteiger partial charge is 0.270 e. The highest BCUT2D eigenvalue weighted by atomic mass is 16.2. The van der Waals surface area contributed by atoms with Crippen LogP contribution in [0.25, 0.3) is 0 Å². The molecule has 0 bridgehead atoms. The summed E-state index contributed by atoms with van der Waals surface area (Å²) in [5.41, 5.74) is 1.15. The van der Waals surface area contributed by atoms with E-state index in [2.05, 4.69) is 39.2 Å². The minimum absolute atomic E-state index is 0.199. The first kappa shape index (κ1) is 16.1. The first-order chi connectivity index (χ1) is 10.4. The number of amides is 1. The summed E-state index contributed by atoms with van der Waals surface area (Å²) >= 11 is 0. The number of hydrogen-bond donors (Lipinski definition) is 1. The van der Waals surface area contributed by atoms with E-state index in [1.54, 1.807) is 17.7 Å². The molecule has 0 aliphatic heterocycles. The number of aryl methyl sites for hydroxylation is 3. The minimum atomic E-state index is -0.220. The molecule has 0 aliphatic rings. The number of hydrogen-bond acceptors (Lipinski definition) is 5. The highest BCUT2D eigenvalue weighted by Crippen LogP contribution is 2.19. The van der Waals surface area contributed by atoms with Crippen LogP contribution >= 0.6 is 0 Å². The van der Waals surface area contributed by atoms with Crippen molar-refractivity contribution < 1.29 is 4.79 Å². The van der Waals surface area contributed by atoms with Gasteiger partial charge in [0.25, 0.3) is 5.91 Å². The van der Waals surface area contributed by atoms with Crippen molar-refractivity contribution in [3.05, 3.63) is 35.4 Å². The lowest BCUT2D eigenvalue weighted by molar-refractivity contribution is 0.0923. The zero-order valence-corrected chi connectivity index (χ0v) is 13.7. The van der Waals surface area contributed by atoms with Crippen molar-refractivity contribution in [2.45, 2.75) is 40.2 Å². The largest absolute Gasteiger partial charge is 0.341 e. The second-order valence-electron chi connectivity index (χ2n) is 5.84. The molecule has 1 atom stereocenters. The van der Waals surface area contributed by atoms with Crippen molar-refractivity contribution in [2.75, 3.05) is 0 Å². The molecule has 22 heavy (non-hydrogen) atoms. The number of rotatable bonds is 5. The quantitative estimate of drug-likeness (QED) is 0.909. The fourth-order valence-electron chi connectivity index (χ4n) is 2.39. The van der Waals surface area contributed by atoms with E-state index >= 15 is 0 Å². The maximum absolute atomic E-state index is 12.5. The van der Waals surface area contributed by atoms with Crippen molar-refractivity contribution in [3.8, 4) is 0 Å². The summed E-state index contributed by atoms with van der Waals surface area (Å²) in [6.07, 6.45) is 2.27. The summed E-state index contributed by atoms with van der Waals surface area (Å²) < 4.78 is 1.68. The topological polar surface area (TPSA) is 85.6 Å². The molecule has 2 heterocycles. The summed E-state index contributed by atoms with van der Waals surface area (Å²) in [5.74, 6) is 1.52. The Morgan fingerprint density at radius 2 is 2.05 bits per heavy atom. The molecule has 7 nitrogen and oxygen atoms in total. The Morgan fingerprint density at radius 1 is 1.32 bits per heavy atom. The first-order valence-electron chi connectivity index (χ1n) is 7.34. The molecule has 0 aliphatic carbocycles. The third-order valence-electron chi connectivity index (χ3n) is 3.27. The Bertz CT molecular complexity index is 644. The molecular weight excluding hydrogens is 280 g/mol. The molecule has 0 radical (unpaired) electrons. The zero-order chi connectivity index (χ0) is 16.3. The van der Waals surface area contributed by atoms with Crippen molar-refractivity contribution >= 4 is 5.91 Å². The maximum atomic E-state index is 12.5. The molecule has 7 heteroatoms. The second-order valence-corrected chi connectivity index (χ2v) is 5.84. The van der Waals surface area contributed by atoms with Crippen LogP contribution in [0, 0.1) is 19.8 Å². The average Bonchev–Trinajstić information content (AvgIpc) is 2.82. The summed E-state index contributed by atoms with van der Waals surface area (Å²) in [4.78, 5) is 25.1. The summed E-state index contributed by atoms with van der Waals surface area (Å²) in [6, 6.07) is 1.49. The third kappa shape index (κ3) is 3.87. The molecule has 0 unspecified atom stereocenters. The SMILES string of the molecule is Cc1cc(C(=O)N[C@@H](CC(C)C)c2ncnn2C)nc(C)n1. The van der Waals surface area contributed by atoms with Crippen LogP contribution in [0.5, 0.6) is 0 Å². The van der Waals surface area contributed by atoms with Gasteiger partial charge in [-0.2, -0.15) is 5.10 Å². The Kier molecular flexibility index (Phi) is 4.85. The van der Waals surface area contributed by atoms with E-state index in [-0.39, 0.29) is 11.9 Å². The lowest BCUT2D eigenvalue weighted by Crippen LogP contribution is -2.32. The number of aromatic nitrogens is 5. The van der Waals surface area contributed by atoms with E-state index in [9.17, 15) is 4.79 Å². The Hall–Kier alpha value is -2.31. The lowest BCUT2D eigenvalue weighted by Gasteiger charge is -2.19. The van der Waals surface area contributed by atoms with Gasteiger partial charge in [0.15, 0.2) is 0 Å². The predicted octanol–water partition coefficient (Wildman–Crippen LogP) is 1.74. The Balaban J connectivity index is 2.23. The van der Waals surface area contributed by atoms with Gasteiger partial charge in [-0.3, -0.25) is 9.48 Å². The molecule has 2 aromatic rings. The lowest BCUT2D eigenvalue weighted by atomic mass is 10.0. The molecule has 1 N–H and O–H groups in total. The highest BCUT2D eigenvalue weighted by Gasteiger charge is 2.22. The molecule has 0 saturated carbocycles. The zero-order valence-electron chi connectivity index (χ0n) is 13.7. The van der Waals surface area contributed by atoms with Gasteiger partial charge in [0.1, 0.15) is 23.7 Å². The molecule has 0 aromatic carbocycles. The van der Waals surface area contributed by atoms with Crippen LogP contribution in [-0.4, -0.2) is 30.6 Å². The van der Waals surface area contributed by atoms with E-state index in [0.717, 1.165) is 17.9 Å². The third-order valence-corrected chi connectivity index (χ3v) is 3.27. The monoisotopic (exact) mass is 302 g/mol. The van der Waals surface area contributed by atoms with E-state index in [4.69, 9.17) is 0 Å². The molecule has 0 saturated heterocycles. The first-order valence-corrected chi connectivity index (χ1v) is 7.34. The number of carbonyl (C=O) groups is 1. The number of nitrogens with one attached hydrogen (secondary N) is 1. The van der Waals surface area contributed by atoms with Crippen molar-refractivity contribution in [1.82, 2.24) is 30.0 Å². The summed E-state index contributed by atoms with van der Waals surface area (Å²) in [5, 5.41) is 7.09. The Labute approximate surface area is 130 Å². The van der Waals surface area contributed by atoms with Crippen LogP contribution < -0.4 is 5.32 Å². The van der Waals surface area contributed by atoms with Gasteiger partial charge in [0, 0.05) is 12.7 Å². The fourth-order valence-corrected chi connectivity index (χ4v) is 2.39.